The van der Waals surface area contributed by atoms with Crippen molar-refractivity contribution >= 4 is 18.6 Å². The number of rotatable bonds is 8. The molecule has 0 saturated heterocycles. The summed E-state index contributed by atoms with van der Waals surface area (Å²) in [7, 11) is 0. The highest BCUT2D eigenvalue weighted by atomic mass is 32.1. The van der Waals surface area contributed by atoms with Crippen molar-refractivity contribution in [1.82, 2.24) is 0 Å². The van der Waals surface area contributed by atoms with E-state index >= 15 is 0 Å². The number of carbonyl (C=O) groups excluding carboxylic acids is 1. The van der Waals surface area contributed by atoms with Crippen LogP contribution in [-0.2, 0) is 9.53 Å². The van der Waals surface area contributed by atoms with Crippen molar-refractivity contribution in [3.63, 3.8) is 0 Å². The van der Waals surface area contributed by atoms with Gasteiger partial charge in [0.2, 0.25) is 0 Å². The number of unbranched alkanes of at least 4 members (excludes halogenated alkanes) is 2. The molecule has 0 amide bonds. The van der Waals surface area contributed by atoms with Crippen LogP contribution in [0.25, 0.3) is 0 Å². The van der Waals surface area contributed by atoms with E-state index in [1.807, 2.05) is 0 Å². The lowest BCUT2D eigenvalue weighted by molar-refractivity contribution is -0.148. The average Bonchev–Trinajstić information content (AvgIpc) is 2.19. The van der Waals surface area contributed by atoms with Crippen molar-refractivity contribution < 1.29 is 9.53 Å². The molecule has 0 aromatic rings. The summed E-state index contributed by atoms with van der Waals surface area (Å²) in [6.07, 6.45) is 5.12. The van der Waals surface area contributed by atoms with E-state index in [4.69, 9.17) is 4.74 Å². The molecule has 0 N–H and O–H groups in total. The second-order valence-corrected chi connectivity index (χ2v) is 3.91. The fraction of sp³-hybridized carbons (Fsp3) is 0.909. The van der Waals surface area contributed by atoms with Crippen LogP contribution in [0.5, 0.6) is 0 Å². The fourth-order valence-electron chi connectivity index (χ4n) is 1.17. The predicted octanol–water partition coefficient (Wildman–Crippen LogP) is 3.07. The van der Waals surface area contributed by atoms with Crippen LogP contribution in [0, 0.1) is 5.92 Å². The Hall–Kier alpha value is -0.180. The van der Waals surface area contributed by atoms with Crippen LogP contribution in [0.2, 0.25) is 0 Å². The number of carbonyl (C=O) groups is 1. The minimum Gasteiger partial charge on any atom is -0.465 e. The van der Waals surface area contributed by atoms with Crippen molar-refractivity contribution in [2.75, 3.05) is 12.4 Å². The molecule has 0 aromatic carbocycles. The Balaban J connectivity index is 3.67. The number of thiol groups is 1. The monoisotopic (exact) mass is 218 g/mol. The number of ether oxygens (including phenoxy) is 1. The molecule has 3 heteroatoms. The van der Waals surface area contributed by atoms with Gasteiger partial charge in [0.25, 0.3) is 0 Å². The maximum absolute atomic E-state index is 11.5. The van der Waals surface area contributed by atoms with Gasteiger partial charge in [-0.15, -0.1) is 0 Å². The van der Waals surface area contributed by atoms with Gasteiger partial charge in [-0.1, -0.05) is 33.1 Å². The minimum absolute atomic E-state index is 0.00450. The first-order chi connectivity index (χ1) is 6.76. The highest BCUT2D eigenvalue weighted by molar-refractivity contribution is 7.80. The Morgan fingerprint density at radius 3 is 2.43 bits per heavy atom. The Morgan fingerprint density at radius 1 is 1.29 bits per heavy atom. The predicted molar refractivity (Wildman–Crippen MR) is 62.7 cm³/mol. The quantitative estimate of drug-likeness (QED) is 0.385. The zero-order chi connectivity index (χ0) is 10.8. The summed E-state index contributed by atoms with van der Waals surface area (Å²) in [5, 5.41) is 0. The highest BCUT2D eigenvalue weighted by Crippen LogP contribution is 2.12. The maximum atomic E-state index is 11.5. The van der Waals surface area contributed by atoms with Gasteiger partial charge in [0.1, 0.15) is 0 Å². The second kappa shape index (κ2) is 9.38. The maximum Gasteiger partial charge on any atom is 0.309 e. The summed E-state index contributed by atoms with van der Waals surface area (Å²) >= 11 is 4.17. The molecule has 14 heavy (non-hydrogen) atoms. The summed E-state index contributed by atoms with van der Waals surface area (Å²) in [5.74, 6) is 0.530. The van der Waals surface area contributed by atoms with Gasteiger partial charge < -0.3 is 4.74 Å². The van der Waals surface area contributed by atoms with E-state index in [0.717, 1.165) is 32.1 Å². The molecule has 0 aromatic heterocycles. The van der Waals surface area contributed by atoms with Gasteiger partial charge in [-0.25, -0.2) is 0 Å². The van der Waals surface area contributed by atoms with Gasteiger partial charge in [-0.05, 0) is 12.8 Å². The Kier molecular flexibility index (Phi) is 9.26. The zero-order valence-electron chi connectivity index (χ0n) is 9.29. The minimum atomic E-state index is -0.0677. The molecule has 0 spiro atoms. The Morgan fingerprint density at radius 2 is 1.93 bits per heavy atom. The molecular weight excluding hydrogens is 196 g/mol. The SMILES string of the molecule is CCCCOC(=O)C(CS)CCCC. The number of hydrogen-bond donors (Lipinski definition) is 1. The molecular formula is C11H22O2S. The smallest absolute Gasteiger partial charge is 0.309 e. The molecule has 0 radical (unpaired) electrons. The van der Waals surface area contributed by atoms with Crippen LogP contribution in [0.3, 0.4) is 0 Å². The number of esters is 1. The van der Waals surface area contributed by atoms with Crippen molar-refractivity contribution in [2.45, 2.75) is 46.0 Å². The molecule has 0 fully saturated rings. The molecule has 84 valence electrons. The molecule has 0 saturated carbocycles. The van der Waals surface area contributed by atoms with Crippen LogP contribution in [-0.4, -0.2) is 18.3 Å². The molecule has 0 bridgehead atoms. The van der Waals surface area contributed by atoms with Crippen LogP contribution < -0.4 is 0 Å². The standard InChI is InChI=1S/C11H22O2S/c1-3-5-7-10(9-14)11(12)13-8-6-4-2/h10,14H,3-9H2,1-2H3. The third kappa shape index (κ3) is 6.30. The summed E-state index contributed by atoms with van der Waals surface area (Å²) in [6.45, 7) is 4.77. The molecule has 0 rings (SSSR count). The molecule has 0 aliphatic rings. The van der Waals surface area contributed by atoms with Gasteiger partial charge >= 0.3 is 5.97 Å². The number of hydrogen-bond acceptors (Lipinski definition) is 3. The first-order valence-corrected chi connectivity index (χ1v) is 6.16. The van der Waals surface area contributed by atoms with Crippen LogP contribution in [0.4, 0.5) is 0 Å². The Labute approximate surface area is 92.8 Å². The first-order valence-electron chi connectivity index (χ1n) is 5.53. The van der Waals surface area contributed by atoms with E-state index in [2.05, 4.69) is 26.5 Å². The second-order valence-electron chi connectivity index (χ2n) is 3.54. The lowest BCUT2D eigenvalue weighted by Crippen LogP contribution is -2.19. The molecule has 0 aliphatic carbocycles. The topological polar surface area (TPSA) is 26.3 Å². The van der Waals surface area contributed by atoms with Gasteiger partial charge in [0.15, 0.2) is 0 Å². The van der Waals surface area contributed by atoms with Crippen LogP contribution >= 0.6 is 12.6 Å². The lowest BCUT2D eigenvalue weighted by Gasteiger charge is -2.12. The molecule has 0 heterocycles. The van der Waals surface area contributed by atoms with Gasteiger partial charge in [-0.3, -0.25) is 4.79 Å². The summed E-state index contributed by atoms with van der Waals surface area (Å²) in [6, 6.07) is 0. The van der Waals surface area contributed by atoms with Gasteiger partial charge in [0, 0.05) is 5.75 Å². The largest absolute Gasteiger partial charge is 0.465 e. The summed E-state index contributed by atoms with van der Waals surface area (Å²) in [4.78, 5) is 11.5. The van der Waals surface area contributed by atoms with Gasteiger partial charge in [0.05, 0.1) is 12.5 Å². The lowest BCUT2D eigenvalue weighted by atomic mass is 10.0. The van der Waals surface area contributed by atoms with E-state index in [-0.39, 0.29) is 11.9 Å². The average molecular weight is 218 g/mol. The normalized spacial score (nSPS) is 12.5. The first kappa shape index (κ1) is 13.8. The van der Waals surface area contributed by atoms with Crippen molar-refractivity contribution in [3.05, 3.63) is 0 Å². The molecule has 0 aliphatic heterocycles. The fourth-order valence-corrected chi connectivity index (χ4v) is 1.50. The van der Waals surface area contributed by atoms with Crippen molar-refractivity contribution in [1.29, 1.82) is 0 Å². The van der Waals surface area contributed by atoms with Crippen LogP contribution in [0.1, 0.15) is 46.0 Å². The van der Waals surface area contributed by atoms with E-state index < -0.39 is 0 Å². The molecule has 1 unspecified atom stereocenters. The van der Waals surface area contributed by atoms with E-state index in [0.29, 0.717) is 12.4 Å². The zero-order valence-corrected chi connectivity index (χ0v) is 10.2. The Bertz CT molecular complexity index is 148. The summed E-state index contributed by atoms with van der Waals surface area (Å²) < 4.78 is 5.14. The third-order valence-electron chi connectivity index (χ3n) is 2.20. The van der Waals surface area contributed by atoms with Gasteiger partial charge in [-0.2, -0.15) is 12.6 Å². The third-order valence-corrected chi connectivity index (χ3v) is 2.64. The van der Waals surface area contributed by atoms with E-state index in [1.165, 1.54) is 0 Å². The summed E-state index contributed by atoms with van der Waals surface area (Å²) in [5.41, 5.74) is 0. The highest BCUT2D eigenvalue weighted by Gasteiger charge is 2.17. The van der Waals surface area contributed by atoms with Crippen LogP contribution in [0.15, 0.2) is 0 Å². The van der Waals surface area contributed by atoms with Crippen molar-refractivity contribution in [3.8, 4) is 0 Å². The molecule has 2 nitrogen and oxygen atoms in total. The van der Waals surface area contributed by atoms with E-state index in [1.54, 1.807) is 0 Å². The van der Waals surface area contributed by atoms with E-state index in [9.17, 15) is 4.79 Å². The molecule has 1 atom stereocenters. The van der Waals surface area contributed by atoms with Crippen molar-refractivity contribution in [2.24, 2.45) is 5.92 Å².